The number of rotatable bonds is 3. The molecule has 2 atom stereocenters. The first-order valence-corrected chi connectivity index (χ1v) is 9.75. The van der Waals surface area contributed by atoms with Gasteiger partial charge < -0.3 is 14.3 Å². The Morgan fingerprint density at radius 3 is 2.92 bits per heavy atom. The van der Waals surface area contributed by atoms with Gasteiger partial charge in [-0.2, -0.15) is 0 Å². The lowest BCUT2D eigenvalue weighted by molar-refractivity contribution is -0.140. The van der Waals surface area contributed by atoms with E-state index in [0.29, 0.717) is 30.7 Å². The molecule has 2 aliphatic heterocycles. The minimum Gasteiger partial charge on any atom is -0.350 e. The van der Waals surface area contributed by atoms with Crippen LogP contribution < -0.4 is 0 Å². The topological polar surface area (TPSA) is 66.7 Å². The van der Waals surface area contributed by atoms with Gasteiger partial charge in [0.05, 0.1) is 5.69 Å². The van der Waals surface area contributed by atoms with Crippen LogP contribution in [0.3, 0.4) is 0 Å². The molecule has 1 aromatic heterocycles. The van der Waals surface area contributed by atoms with Crippen molar-refractivity contribution in [1.29, 1.82) is 0 Å². The number of nitrogens with zero attached hydrogens (tertiary/aromatic N) is 3. The average molecular weight is 345 g/mol. The van der Waals surface area contributed by atoms with Crippen molar-refractivity contribution in [2.45, 2.75) is 64.3 Å². The van der Waals surface area contributed by atoms with E-state index in [9.17, 15) is 9.59 Å². The van der Waals surface area contributed by atoms with Crippen molar-refractivity contribution in [2.75, 3.05) is 19.6 Å². The predicted octanol–water partition coefficient (Wildman–Crippen LogP) is 2.42. The van der Waals surface area contributed by atoms with E-state index in [2.05, 4.69) is 17.0 Å². The van der Waals surface area contributed by atoms with Gasteiger partial charge in [-0.15, -0.1) is 0 Å². The third kappa shape index (κ3) is 2.96. The maximum Gasteiger partial charge on any atom is 0.292 e. The first-order chi connectivity index (χ1) is 12.2. The van der Waals surface area contributed by atoms with Gasteiger partial charge in [0.1, 0.15) is 0 Å². The summed E-state index contributed by atoms with van der Waals surface area (Å²) in [5.74, 6) is 1.13. The quantitative estimate of drug-likeness (QED) is 0.844. The summed E-state index contributed by atoms with van der Waals surface area (Å²) in [6.07, 6.45) is 7.42. The van der Waals surface area contributed by atoms with Crippen molar-refractivity contribution < 1.29 is 14.1 Å². The summed E-state index contributed by atoms with van der Waals surface area (Å²) in [7, 11) is 0. The smallest absolute Gasteiger partial charge is 0.292 e. The number of hydrogen-bond donors (Lipinski definition) is 0. The fourth-order valence-electron chi connectivity index (χ4n) is 4.77. The third-order valence-electron chi connectivity index (χ3n) is 6.05. The van der Waals surface area contributed by atoms with Gasteiger partial charge in [-0.05, 0) is 50.9 Å². The van der Waals surface area contributed by atoms with Gasteiger partial charge in [0.25, 0.3) is 5.91 Å². The largest absolute Gasteiger partial charge is 0.350 e. The minimum absolute atomic E-state index is 0.00644. The minimum atomic E-state index is -0.00644. The van der Waals surface area contributed by atoms with Crippen molar-refractivity contribution in [1.82, 2.24) is 15.0 Å². The van der Waals surface area contributed by atoms with E-state index in [1.807, 2.05) is 4.90 Å². The molecule has 0 unspecified atom stereocenters. The van der Waals surface area contributed by atoms with E-state index >= 15 is 0 Å². The van der Waals surface area contributed by atoms with Crippen molar-refractivity contribution in [2.24, 2.45) is 5.92 Å². The van der Waals surface area contributed by atoms with Crippen LogP contribution in [0.25, 0.3) is 0 Å². The van der Waals surface area contributed by atoms with Gasteiger partial charge in [-0.3, -0.25) is 9.59 Å². The van der Waals surface area contributed by atoms with Gasteiger partial charge >= 0.3 is 0 Å². The van der Waals surface area contributed by atoms with Gasteiger partial charge in [0.2, 0.25) is 11.7 Å². The Morgan fingerprint density at radius 1 is 1.24 bits per heavy atom. The van der Waals surface area contributed by atoms with E-state index < -0.39 is 0 Å². The van der Waals surface area contributed by atoms with E-state index in [4.69, 9.17) is 4.52 Å². The molecule has 3 heterocycles. The predicted molar refractivity (Wildman–Crippen MR) is 92.2 cm³/mol. The van der Waals surface area contributed by atoms with Crippen LogP contribution in [0.4, 0.5) is 0 Å². The molecule has 25 heavy (non-hydrogen) atoms. The Morgan fingerprint density at radius 2 is 2.08 bits per heavy atom. The van der Waals surface area contributed by atoms with Crippen molar-refractivity contribution in [3.8, 4) is 0 Å². The SMILES string of the molecule is CCCN1C(=O)CC[C@H]2CN(C(=O)c3onc4c3CCCC4)CC[C@H]21. The standard InChI is InChI=1S/C19H27N3O3/c1-2-10-22-16-9-11-21(12-13(16)7-8-17(22)23)19(24)18-14-5-3-4-6-15(14)20-25-18/h13,16H,2-12H2,1H3/t13-,16+/m0/s1. The Labute approximate surface area is 148 Å². The molecule has 0 N–H and O–H groups in total. The van der Waals surface area contributed by atoms with E-state index in [1.54, 1.807) is 0 Å². The lowest BCUT2D eigenvalue weighted by Gasteiger charge is -2.47. The highest BCUT2D eigenvalue weighted by atomic mass is 16.5. The highest BCUT2D eigenvalue weighted by Gasteiger charge is 2.41. The molecule has 0 aromatic carbocycles. The van der Waals surface area contributed by atoms with Crippen LogP contribution in [0.15, 0.2) is 4.52 Å². The molecule has 0 radical (unpaired) electrons. The molecule has 0 spiro atoms. The van der Waals surface area contributed by atoms with Gasteiger partial charge in [0.15, 0.2) is 0 Å². The molecule has 2 fully saturated rings. The Balaban J connectivity index is 1.48. The Bertz CT molecular complexity index is 669. The summed E-state index contributed by atoms with van der Waals surface area (Å²) in [5.41, 5.74) is 2.01. The van der Waals surface area contributed by atoms with Crippen LogP contribution in [0.5, 0.6) is 0 Å². The summed E-state index contributed by atoms with van der Waals surface area (Å²) >= 11 is 0. The second-order valence-corrected chi connectivity index (χ2v) is 7.64. The van der Waals surface area contributed by atoms with Gasteiger partial charge in [-0.1, -0.05) is 12.1 Å². The maximum absolute atomic E-state index is 13.0. The lowest BCUT2D eigenvalue weighted by Crippen LogP contribution is -2.57. The molecule has 2 saturated heterocycles. The fraction of sp³-hybridized carbons (Fsp3) is 0.737. The summed E-state index contributed by atoms with van der Waals surface area (Å²) in [4.78, 5) is 29.2. The number of carbonyl (C=O) groups excluding carboxylic acids is 2. The molecule has 4 rings (SSSR count). The van der Waals surface area contributed by atoms with Gasteiger partial charge in [-0.25, -0.2) is 0 Å². The van der Waals surface area contributed by atoms with Gasteiger partial charge in [0, 0.05) is 37.7 Å². The number of amides is 2. The van der Waals surface area contributed by atoms with E-state index in [0.717, 1.165) is 69.3 Å². The molecule has 6 heteroatoms. The number of carbonyl (C=O) groups is 2. The van der Waals surface area contributed by atoms with Crippen molar-refractivity contribution in [3.63, 3.8) is 0 Å². The number of hydrogen-bond acceptors (Lipinski definition) is 4. The summed E-state index contributed by atoms with van der Waals surface area (Å²) < 4.78 is 5.44. The van der Waals surface area contributed by atoms with E-state index in [-0.39, 0.29) is 11.8 Å². The highest BCUT2D eigenvalue weighted by molar-refractivity contribution is 5.93. The molecule has 6 nitrogen and oxygen atoms in total. The fourth-order valence-corrected chi connectivity index (χ4v) is 4.77. The van der Waals surface area contributed by atoms with Crippen molar-refractivity contribution >= 4 is 11.8 Å². The third-order valence-corrected chi connectivity index (χ3v) is 6.05. The average Bonchev–Trinajstić information content (AvgIpc) is 3.07. The molecule has 0 saturated carbocycles. The monoisotopic (exact) mass is 345 g/mol. The molecular formula is C19H27N3O3. The van der Waals surface area contributed by atoms with Crippen LogP contribution in [-0.4, -0.2) is 52.4 Å². The van der Waals surface area contributed by atoms with E-state index in [1.165, 1.54) is 0 Å². The lowest BCUT2D eigenvalue weighted by atomic mass is 9.83. The molecule has 3 aliphatic rings. The molecular weight excluding hydrogens is 318 g/mol. The summed E-state index contributed by atoms with van der Waals surface area (Å²) in [5, 5.41) is 4.13. The molecule has 1 aliphatic carbocycles. The van der Waals surface area contributed by atoms with Crippen LogP contribution in [0.1, 0.15) is 67.3 Å². The Hall–Kier alpha value is -1.85. The zero-order valence-corrected chi connectivity index (χ0v) is 15.0. The first kappa shape index (κ1) is 16.6. The second-order valence-electron chi connectivity index (χ2n) is 7.64. The molecule has 0 bridgehead atoms. The number of aryl methyl sites for hydroxylation is 1. The maximum atomic E-state index is 13.0. The summed E-state index contributed by atoms with van der Waals surface area (Å²) in [6.45, 7) is 4.38. The highest BCUT2D eigenvalue weighted by Crippen LogP contribution is 2.33. The summed E-state index contributed by atoms with van der Waals surface area (Å²) in [6, 6.07) is 0.300. The van der Waals surface area contributed by atoms with Crippen LogP contribution in [0.2, 0.25) is 0 Å². The van der Waals surface area contributed by atoms with Crippen LogP contribution in [0, 0.1) is 5.92 Å². The van der Waals surface area contributed by atoms with Crippen molar-refractivity contribution in [3.05, 3.63) is 17.0 Å². The zero-order chi connectivity index (χ0) is 17.4. The second kappa shape index (κ2) is 6.81. The van der Waals surface area contributed by atoms with Crippen LogP contribution in [-0.2, 0) is 17.6 Å². The van der Waals surface area contributed by atoms with Crippen LogP contribution >= 0.6 is 0 Å². The number of piperidine rings is 2. The number of likely N-dealkylation sites (tertiary alicyclic amines) is 2. The molecule has 2 amide bonds. The number of fused-ring (bicyclic) bond motifs is 2. The zero-order valence-electron chi connectivity index (χ0n) is 15.0. The molecule has 1 aromatic rings. The normalized spacial score (nSPS) is 26.4. The number of aromatic nitrogens is 1. The molecule has 136 valence electrons. The Kier molecular flexibility index (Phi) is 4.52. The first-order valence-electron chi connectivity index (χ1n) is 9.75.